The van der Waals surface area contributed by atoms with E-state index in [-0.39, 0.29) is 18.3 Å². The van der Waals surface area contributed by atoms with Crippen molar-refractivity contribution in [3.05, 3.63) is 108 Å². The van der Waals surface area contributed by atoms with Crippen LogP contribution in [-0.2, 0) is 4.79 Å². The molecule has 0 bridgehead atoms. The number of amides is 1. The first-order valence-electron chi connectivity index (χ1n) is 9.83. The van der Waals surface area contributed by atoms with E-state index in [1.54, 1.807) is 35.1 Å². The highest BCUT2D eigenvalue weighted by Crippen LogP contribution is 2.22. The Bertz CT molecular complexity index is 1200. The molecular formula is C25H21N3O3. The molecule has 0 unspecified atom stereocenters. The molecule has 0 aliphatic carbocycles. The average Bonchev–Trinajstić information content (AvgIpc) is 3.30. The van der Waals surface area contributed by atoms with E-state index in [4.69, 9.17) is 4.74 Å². The second-order valence-electron chi connectivity index (χ2n) is 7.04. The minimum Gasteiger partial charge on any atom is -0.483 e. The number of nitrogens with one attached hydrogen (secondary N) is 1. The van der Waals surface area contributed by atoms with E-state index in [2.05, 4.69) is 10.4 Å². The molecule has 31 heavy (non-hydrogen) atoms. The summed E-state index contributed by atoms with van der Waals surface area (Å²) < 4.78 is 7.31. The maximum Gasteiger partial charge on any atom is 0.262 e. The third-order valence-electron chi connectivity index (χ3n) is 4.69. The zero-order valence-electron chi connectivity index (χ0n) is 17.0. The first kappa shape index (κ1) is 20.1. The van der Waals surface area contributed by atoms with Gasteiger partial charge in [0.25, 0.3) is 5.91 Å². The number of rotatable bonds is 7. The molecule has 0 fully saturated rings. The van der Waals surface area contributed by atoms with Gasteiger partial charge in [-0.3, -0.25) is 9.59 Å². The number of ketones is 1. The van der Waals surface area contributed by atoms with Gasteiger partial charge in [0.1, 0.15) is 5.75 Å². The molecule has 0 aliphatic rings. The summed E-state index contributed by atoms with van der Waals surface area (Å²) >= 11 is 0. The number of para-hydroxylation sites is 2. The van der Waals surface area contributed by atoms with E-state index in [9.17, 15) is 9.59 Å². The van der Waals surface area contributed by atoms with Crippen LogP contribution >= 0.6 is 0 Å². The number of nitrogens with zero attached hydrogens (tertiary/aromatic N) is 2. The van der Waals surface area contributed by atoms with Crippen LogP contribution in [0.3, 0.4) is 0 Å². The molecule has 0 spiro atoms. The van der Waals surface area contributed by atoms with E-state index in [1.807, 2.05) is 61.5 Å². The number of ether oxygens (including phenoxy) is 1. The number of aromatic nitrogens is 2. The number of aryl methyl sites for hydroxylation is 1. The lowest BCUT2D eigenvalue weighted by Crippen LogP contribution is -2.20. The fourth-order valence-corrected chi connectivity index (χ4v) is 3.07. The van der Waals surface area contributed by atoms with Gasteiger partial charge in [-0.25, -0.2) is 4.68 Å². The molecule has 4 rings (SSSR count). The Labute approximate surface area is 180 Å². The largest absolute Gasteiger partial charge is 0.483 e. The predicted octanol–water partition coefficient (Wildman–Crippen LogP) is 4.43. The highest BCUT2D eigenvalue weighted by atomic mass is 16.5. The Morgan fingerprint density at radius 3 is 2.42 bits per heavy atom. The van der Waals surface area contributed by atoms with Crippen LogP contribution in [0.2, 0.25) is 0 Å². The van der Waals surface area contributed by atoms with E-state index >= 15 is 0 Å². The fraction of sp³-hybridized carbons (Fsp3) is 0.0800. The van der Waals surface area contributed by atoms with Crippen LogP contribution in [0.15, 0.2) is 91.3 Å². The van der Waals surface area contributed by atoms with Crippen LogP contribution < -0.4 is 10.1 Å². The van der Waals surface area contributed by atoms with Crippen molar-refractivity contribution in [3.8, 4) is 11.4 Å². The van der Waals surface area contributed by atoms with Gasteiger partial charge >= 0.3 is 0 Å². The summed E-state index contributed by atoms with van der Waals surface area (Å²) in [4.78, 5) is 25.3. The number of hydrogen-bond acceptors (Lipinski definition) is 4. The van der Waals surface area contributed by atoms with Gasteiger partial charge < -0.3 is 10.1 Å². The van der Waals surface area contributed by atoms with E-state index in [0.717, 1.165) is 11.3 Å². The lowest BCUT2D eigenvalue weighted by atomic mass is 10.1. The molecule has 6 heteroatoms. The Balaban J connectivity index is 1.46. The molecule has 1 N–H and O–H groups in total. The smallest absolute Gasteiger partial charge is 0.262 e. The predicted molar refractivity (Wildman–Crippen MR) is 119 cm³/mol. The Kier molecular flexibility index (Phi) is 5.89. The first-order valence-corrected chi connectivity index (χ1v) is 9.83. The van der Waals surface area contributed by atoms with Crippen LogP contribution in [0.1, 0.15) is 21.5 Å². The number of benzene rings is 3. The van der Waals surface area contributed by atoms with Gasteiger partial charge in [0.05, 0.1) is 23.0 Å². The van der Waals surface area contributed by atoms with Crippen LogP contribution in [0.25, 0.3) is 5.69 Å². The molecule has 0 atom stereocenters. The summed E-state index contributed by atoms with van der Waals surface area (Å²) in [6, 6.07) is 23.9. The van der Waals surface area contributed by atoms with Gasteiger partial charge in [-0.05, 0) is 43.3 Å². The molecule has 1 amide bonds. The number of anilines is 1. The van der Waals surface area contributed by atoms with Gasteiger partial charge in [0.15, 0.2) is 12.4 Å². The topological polar surface area (TPSA) is 73.2 Å². The lowest BCUT2D eigenvalue weighted by molar-refractivity contribution is -0.118. The van der Waals surface area contributed by atoms with Gasteiger partial charge in [-0.2, -0.15) is 5.10 Å². The van der Waals surface area contributed by atoms with Crippen molar-refractivity contribution in [2.45, 2.75) is 6.92 Å². The van der Waals surface area contributed by atoms with Crippen molar-refractivity contribution in [2.75, 3.05) is 11.9 Å². The number of hydrogen-bond donors (Lipinski definition) is 1. The van der Waals surface area contributed by atoms with Gasteiger partial charge in [-0.1, -0.05) is 48.0 Å². The van der Waals surface area contributed by atoms with Crippen LogP contribution in [0.4, 0.5) is 5.69 Å². The molecule has 3 aromatic carbocycles. The van der Waals surface area contributed by atoms with E-state index < -0.39 is 0 Å². The quantitative estimate of drug-likeness (QED) is 0.457. The number of carbonyl (C=O) groups excluding carboxylic acids is 2. The van der Waals surface area contributed by atoms with Crippen molar-refractivity contribution in [1.82, 2.24) is 9.78 Å². The Hall–Kier alpha value is -4.19. The number of carbonyl (C=O) groups is 2. The highest BCUT2D eigenvalue weighted by molar-refractivity contribution is 6.10. The molecule has 0 saturated heterocycles. The Morgan fingerprint density at radius 2 is 1.65 bits per heavy atom. The molecule has 6 nitrogen and oxygen atoms in total. The molecule has 0 saturated carbocycles. The van der Waals surface area contributed by atoms with Crippen molar-refractivity contribution < 1.29 is 14.3 Å². The zero-order valence-corrected chi connectivity index (χ0v) is 17.0. The van der Waals surface area contributed by atoms with E-state index in [1.165, 1.54) is 6.20 Å². The van der Waals surface area contributed by atoms with Gasteiger partial charge in [0, 0.05) is 11.9 Å². The van der Waals surface area contributed by atoms with Gasteiger partial charge in [-0.15, -0.1) is 0 Å². The zero-order chi connectivity index (χ0) is 21.6. The summed E-state index contributed by atoms with van der Waals surface area (Å²) in [6.07, 6.45) is 3.20. The minimum absolute atomic E-state index is 0.207. The first-order chi connectivity index (χ1) is 15.1. The third kappa shape index (κ3) is 4.87. The van der Waals surface area contributed by atoms with Crippen LogP contribution in [0, 0.1) is 6.92 Å². The van der Waals surface area contributed by atoms with Crippen molar-refractivity contribution in [3.63, 3.8) is 0 Å². The molecule has 4 aromatic rings. The highest BCUT2D eigenvalue weighted by Gasteiger charge is 2.17. The summed E-state index contributed by atoms with van der Waals surface area (Å²) in [5.41, 5.74) is 3.47. The molecule has 154 valence electrons. The van der Waals surface area contributed by atoms with Crippen molar-refractivity contribution in [2.24, 2.45) is 0 Å². The summed E-state index contributed by atoms with van der Waals surface area (Å²) in [5, 5.41) is 7.06. The minimum atomic E-state index is -0.303. The monoisotopic (exact) mass is 411 g/mol. The maximum atomic E-state index is 13.0. The molecule has 1 heterocycles. The summed E-state index contributed by atoms with van der Waals surface area (Å²) in [7, 11) is 0. The maximum absolute atomic E-state index is 13.0. The lowest BCUT2D eigenvalue weighted by Gasteiger charge is -2.11. The second kappa shape index (κ2) is 9.09. The van der Waals surface area contributed by atoms with E-state index in [0.29, 0.717) is 22.6 Å². The summed E-state index contributed by atoms with van der Waals surface area (Å²) in [5.74, 6) is -0.182. The molecular weight excluding hydrogens is 390 g/mol. The Morgan fingerprint density at radius 1 is 0.935 bits per heavy atom. The standard InChI is InChI=1S/C25H21N3O3/c1-18-11-13-20(14-12-18)27-24(29)17-31-23-10-6-5-9-22(23)25(30)19-15-26-28(16-19)21-7-3-2-4-8-21/h2-16H,17H2,1H3,(H,27,29). The molecule has 0 radical (unpaired) electrons. The molecule has 0 aliphatic heterocycles. The third-order valence-corrected chi connectivity index (χ3v) is 4.69. The van der Waals surface area contributed by atoms with Gasteiger partial charge in [0.2, 0.25) is 0 Å². The molecule has 1 aromatic heterocycles. The van der Waals surface area contributed by atoms with Crippen LogP contribution in [0.5, 0.6) is 5.75 Å². The summed E-state index contributed by atoms with van der Waals surface area (Å²) in [6.45, 7) is 1.77. The van der Waals surface area contributed by atoms with Crippen molar-refractivity contribution in [1.29, 1.82) is 0 Å². The van der Waals surface area contributed by atoms with Crippen LogP contribution in [-0.4, -0.2) is 28.1 Å². The van der Waals surface area contributed by atoms with Crippen molar-refractivity contribution >= 4 is 17.4 Å². The fourth-order valence-electron chi connectivity index (χ4n) is 3.07. The SMILES string of the molecule is Cc1ccc(NC(=O)COc2ccccc2C(=O)c2cnn(-c3ccccc3)c2)cc1. The average molecular weight is 411 g/mol. The normalized spacial score (nSPS) is 10.5. The second-order valence-corrected chi connectivity index (χ2v) is 7.04.